The predicted molar refractivity (Wildman–Crippen MR) is 108 cm³/mol. The van der Waals surface area contributed by atoms with Gasteiger partial charge < -0.3 is 19.9 Å². The minimum atomic E-state index is 0.642. The summed E-state index contributed by atoms with van der Waals surface area (Å²) >= 11 is 0. The molecule has 1 saturated heterocycles. The highest BCUT2D eigenvalue weighted by Crippen LogP contribution is 2.23. The van der Waals surface area contributed by atoms with E-state index in [4.69, 9.17) is 4.74 Å². The standard InChI is InChI=1S/C21H27N5O/c1-15-11-18-19(5-8-22-21(18)25-15)23-12-17-3-4-20(24-13-17)27-14-16-6-9-26(2)10-7-16/h3-5,8,11,13,16H,6-7,9-10,12,14H2,1-2H3,(H2,22,23,25). The van der Waals surface area contributed by atoms with Gasteiger partial charge >= 0.3 is 0 Å². The molecule has 0 unspecified atom stereocenters. The van der Waals surface area contributed by atoms with Gasteiger partial charge in [0.15, 0.2) is 0 Å². The minimum absolute atomic E-state index is 0.642. The summed E-state index contributed by atoms with van der Waals surface area (Å²) in [6.07, 6.45) is 6.12. The van der Waals surface area contributed by atoms with Gasteiger partial charge in [-0.1, -0.05) is 6.07 Å². The second kappa shape index (κ2) is 7.96. The summed E-state index contributed by atoms with van der Waals surface area (Å²) in [5.74, 6) is 1.36. The van der Waals surface area contributed by atoms with Crippen molar-refractivity contribution in [1.29, 1.82) is 0 Å². The zero-order valence-electron chi connectivity index (χ0n) is 16.0. The molecule has 0 bridgehead atoms. The Morgan fingerprint density at radius 2 is 2.07 bits per heavy atom. The number of hydrogen-bond acceptors (Lipinski definition) is 5. The molecular formula is C21H27N5O. The van der Waals surface area contributed by atoms with Gasteiger partial charge in [-0.3, -0.25) is 0 Å². The molecule has 1 aliphatic rings. The lowest BCUT2D eigenvalue weighted by Gasteiger charge is -2.28. The van der Waals surface area contributed by atoms with E-state index in [-0.39, 0.29) is 0 Å². The number of hydrogen-bond donors (Lipinski definition) is 2. The number of nitrogens with one attached hydrogen (secondary N) is 2. The lowest BCUT2D eigenvalue weighted by Crippen LogP contribution is -2.32. The van der Waals surface area contributed by atoms with Crippen LogP contribution >= 0.6 is 0 Å². The van der Waals surface area contributed by atoms with Gasteiger partial charge in [0.2, 0.25) is 5.88 Å². The molecule has 0 radical (unpaired) electrons. The Balaban J connectivity index is 1.31. The van der Waals surface area contributed by atoms with Crippen LogP contribution in [0, 0.1) is 12.8 Å². The van der Waals surface area contributed by atoms with Gasteiger partial charge in [0.05, 0.1) is 6.61 Å². The van der Waals surface area contributed by atoms with E-state index in [1.807, 2.05) is 31.5 Å². The van der Waals surface area contributed by atoms with Crippen LogP contribution in [0.4, 0.5) is 5.69 Å². The number of H-pyrrole nitrogens is 1. The normalized spacial score (nSPS) is 15.9. The molecule has 1 aliphatic heterocycles. The molecule has 3 aromatic rings. The third kappa shape index (κ3) is 4.39. The smallest absolute Gasteiger partial charge is 0.213 e. The van der Waals surface area contributed by atoms with Crippen LogP contribution in [0.25, 0.3) is 11.0 Å². The van der Waals surface area contributed by atoms with Crippen molar-refractivity contribution in [3.05, 3.63) is 47.9 Å². The van der Waals surface area contributed by atoms with Crippen molar-refractivity contribution < 1.29 is 4.74 Å². The average Bonchev–Trinajstić information content (AvgIpc) is 3.07. The second-order valence-corrected chi connectivity index (χ2v) is 7.49. The van der Waals surface area contributed by atoms with Crippen molar-refractivity contribution in [2.24, 2.45) is 5.92 Å². The zero-order valence-corrected chi connectivity index (χ0v) is 16.0. The minimum Gasteiger partial charge on any atom is -0.477 e. The van der Waals surface area contributed by atoms with Crippen LogP contribution in [0.3, 0.4) is 0 Å². The summed E-state index contributed by atoms with van der Waals surface area (Å²) in [6, 6.07) is 8.16. The van der Waals surface area contributed by atoms with Gasteiger partial charge in [-0.05, 0) is 63.5 Å². The third-order valence-corrected chi connectivity index (χ3v) is 5.25. The maximum absolute atomic E-state index is 5.90. The average molecular weight is 365 g/mol. The number of rotatable bonds is 6. The van der Waals surface area contributed by atoms with Gasteiger partial charge in [0.25, 0.3) is 0 Å². The number of likely N-dealkylation sites (tertiary alicyclic amines) is 1. The van der Waals surface area contributed by atoms with Crippen molar-refractivity contribution >= 4 is 16.7 Å². The van der Waals surface area contributed by atoms with Crippen molar-refractivity contribution in [3.63, 3.8) is 0 Å². The molecule has 27 heavy (non-hydrogen) atoms. The molecular weight excluding hydrogens is 338 g/mol. The maximum atomic E-state index is 5.90. The van der Waals surface area contributed by atoms with Crippen LogP contribution in [0.2, 0.25) is 0 Å². The number of nitrogens with zero attached hydrogens (tertiary/aromatic N) is 3. The quantitative estimate of drug-likeness (QED) is 0.699. The first-order valence-electron chi connectivity index (χ1n) is 9.62. The fourth-order valence-electron chi connectivity index (χ4n) is 3.54. The van der Waals surface area contributed by atoms with E-state index in [1.165, 1.54) is 12.8 Å². The maximum Gasteiger partial charge on any atom is 0.213 e. The summed E-state index contributed by atoms with van der Waals surface area (Å²) < 4.78 is 5.90. The molecule has 0 saturated carbocycles. The van der Waals surface area contributed by atoms with E-state index >= 15 is 0 Å². The van der Waals surface area contributed by atoms with Gasteiger partial charge in [-0.25, -0.2) is 9.97 Å². The molecule has 3 aromatic heterocycles. The molecule has 0 aliphatic carbocycles. The number of piperidine rings is 1. The summed E-state index contributed by atoms with van der Waals surface area (Å²) in [5, 5.41) is 4.59. The van der Waals surface area contributed by atoms with E-state index in [0.717, 1.165) is 47.7 Å². The van der Waals surface area contributed by atoms with Crippen LogP contribution in [-0.4, -0.2) is 46.6 Å². The van der Waals surface area contributed by atoms with Gasteiger partial charge in [0.1, 0.15) is 5.65 Å². The van der Waals surface area contributed by atoms with E-state index < -0.39 is 0 Å². The number of pyridine rings is 2. The van der Waals surface area contributed by atoms with Crippen LogP contribution in [0.15, 0.2) is 36.7 Å². The number of anilines is 1. The lowest BCUT2D eigenvalue weighted by molar-refractivity contribution is 0.157. The zero-order chi connectivity index (χ0) is 18.6. The Morgan fingerprint density at radius 3 is 2.85 bits per heavy atom. The van der Waals surface area contributed by atoms with E-state index in [0.29, 0.717) is 18.3 Å². The Kier molecular flexibility index (Phi) is 5.25. The number of aryl methyl sites for hydroxylation is 1. The molecule has 1 fully saturated rings. The number of fused-ring (bicyclic) bond motifs is 1. The van der Waals surface area contributed by atoms with Gasteiger partial charge in [-0.2, -0.15) is 0 Å². The number of ether oxygens (including phenoxy) is 1. The number of aromatic nitrogens is 3. The Hall–Kier alpha value is -2.60. The van der Waals surface area contributed by atoms with Gasteiger partial charge in [-0.15, -0.1) is 0 Å². The molecule has 0 amide bonds. The molecule has 2 N–H and O–H groups in total. The van der Waals surface area contributed by atoms with Crippen molar-refractivity contribution in [2.45, 2.75) is 26.3 Å². The largest absolute Gasteiger partial charge is 0.477 e. The predicted octanol–water partition coefficient (Wildman–Crippen LogP) is 3.60. The summed E-state index contributed by atoms with van der Waals surface area (Å²) in [5.41, 5.74) is 4.22. The van der Waals surface area contributed by atoms with Crippen molar-refractivity contribution in [2.75, 3.05) is 32.1 Å². The molecule has 4 heterocycles. The van der Waals surface area contributed by atoms with Crippen molar-refractivity contribution in [1.82, 2.24) is 19.9 Å². The van der Waals surface area contributed by atoms with E-state index in [2.05, 4.69) is 44.3 Å². The topological polar surface area (TPSA) is 66.1 Å². The molecule has 0 atom stereocenters. The van der Waals surface area contributed by atoms with Gasteiger partial charge in [0, 0.05) is 41.8 Å². The third-order valence-electron chi connectivity index (χ3n) is 5.25. The fourth-order valence-corrected chi connectivity index (χ4v) is 3.54. The van der Waals surface area contributed by atoms with Crippen LogP contribution in [0.5, 0.6) is 5.88 Å². The van der Waals surface area contributed by atoms with Crippen LogP contribution in [-0.2, 0) is 6.54 Å². The first-order chi connectivity index (χ1) is 13.2. The highest BCUT2D eigenvalue weighted by atomic mass is 16.5. The molecule has 4 rings (SSSR count). The SMILES string of the molecule is Cc1cc2c(NCc3ccc(OCC4CCN(C)CC4)nc3)ccnc2[nH]1. The second-order valence-electron chi connectivity index (χ2n) is 7.49. The van der Waals surface area contributed by atoms with Crippen LogP contribution in [0.1, 0.15) is 24.1 Å². The highest BCUT2D eigenvalue weighted by Gasteiger charge is 2.17. The monoisotopic (exact) mass is 365 g/mol. The molecule has 6 heteroatoms. The molecule has 6 nitrogen and oxygen atoms in total. The fraction of sp³-hybridized carbons (Fsp3) is 0.429. The summed E-state index contributed by atoms with van der Waals surface area (Å²) in [7, 11) is 2.18. The molecule has 142 valence electrons. The summed E-state index contributed by atoms with van der Waals surface area (Å²) in [4.78, 5) is 14.5. The Morgan fingerprint density at radius 1 is 1.22 bits per heavy atom. The van der Waals surface area contributed by atoms with E-state index in [1.54, 1.807) is 0 Å². The van der Waals surface area contributed by atoms with Crippen molar-refractivity contribution in [3.8, 4) is 5.88 Å². The van der Waals surface area contributed by atoms with E-state index in [9.17, 15) is 0 Å². The lowest BCUT2D eigenvalue weighted by atomic mass is 9.98. The first-order valence-corrected chi connectivity index (χ1v) is 9.62. The van der Waals surface area contributed by atoms with Crippen LogP contribution < -0.4 is 10.1 Å². The molecule has 0 spiro atoms. The number of aromatic amines is 1. The molecule has 0 aromatic carbocycles. The Labute approximate surface area is 160 Å². The first kappa shape index (κ1) is 17.8. The Bertz CT molecular complexity index is 881. The summed E-state index contributed by atoms with van der Waals surface area (Å²) in [6.45, 7) is 5.84. The highest BCUT2D eigenvalue weighted by molar-refractivity contribution is 5.89.